The van der Waals surface area contributed by atoms with Crippen LogP contribution in [0.1, 0.15) is 28.5 Å². The third-order valence-corrected chi connectivity index (χ3v) is 4.07. The minimum atomic E-state index is -0.206. The topological polar surface area (TPSA) is 59.8 Å². The largest absolute Gasteiger partial charge is 0.320 e. The van der Waals surface area contributed by atoms with E-state index in [9.17, 15) is 4.79 Å². The van der Waals surface area contributed by atoms with Gasteiger partial charge in [-0.3, -0.25) is 14.5 Å². The number of hydrogen-bond acceptors (Lipinski definition) is 3. The number of carbonyl (C=O) groups is 1. The molecule has 3 aromatic rings. The SMILES string of the molecule is CCc1ccc(C(=O)Nc2cc(-c3ccnn3C)ccc2C)nc1. The van der Waals surface area contributed by atoms with Crippen LogP contribution in [0.15, 0.2) is 48.8 Å². The normalized spacial score (nSPS) is 10.6. The summed E-state index contributed by atoms with van der Waals surface area (Å²) in [5.41, 5.74) is 5.30. The van der Waals surface area contributed by atoms with E-state index in [0.29, 0.717) is 5.69 Å². The molecule has 0 radical (unpaired) electrons. The first kappa shape index (κ1) is 15.9. The molecule has 2 aromatic heterocycles. The van der Waals surface area contributed by atoms with Crippen molar-refractivity contribution < 1.29 is 4.79 Å². The van der Waals surface area contributed by atoms with Crippen molar-refractivity contribution in [3.8, 4) is 11.3 Å². The fourth-order valence-electron chi connectivity index (χ4n) is 2.53. The molecule has 1 amide bonds. The van der Waals surface area contributed by atoms with Gasteiger partial charge in [0.05, 0.1) is 5.69 Å². The molecular weight excluding hydrogens is 300 g/mol. The van der Waals surface area contributed by atoms with Crippen molar-refractivity contribution in [3.63, 3.8) is 0 Å². The Labute approximate surface area is 141 Å². The van der Waals surface area contributed by atoms with Crippen molar-refractivity contribution in [2.75, 3.05) is 5.32 Å². The number of aryl methyl sites for hydroxylation is 3. The number of carbonyl (C=O) groups excluding carboxylic acids is 1. The molecule has 1 aromatic carbocycles. The van der Waals surface area contributed by atoms with Gasteiger partial charge < -0.3 is 5.32 Å². The van der Waals surface area contributed by atoms with Gasteiger partial charge in [0.1, 0.15) is 5.69 Å². The average Bonchev–Trinajstić information content (AvgIpc) is 3.03. The second kappa shape index (κ2) is 6.66. The molecule has 0 fully saturated rings. The summed E-state index contributed by atoms with van der Waals surface area (Å²) >= 11 is 0. The lowest BCUT2D eigenvalue weighted by atomic mass is 10.1. The van der Waals surface area contributed by atoms with E-state index >= 15 is 0 Å². The number of pyridine rings is 1. The van der Waals surface area contributed by atoms with Gasteiger partial charge in [-0.25, -0.2) is 0 Å². The lowest BCUT2D eigenvalue weighted by molar-refractivity contribution is 0.102. The highest BCUT2D eigenvalue weighted by Gasteiger charge is 2.11. The quantitative estimate of drug-likeness (QED) is 0.799. The van der Waals surface area contributed by atoms with E-state index in [0.717, 1.165) is 34.5 Å². The summed E-state index contributed by atoms with van der Waals surface area (Å²) in [6.45, 7) is 4.03. The number of aromatic nitrogens is 3. The smallest absolute Gasteiger partial charge is 0.274 e. The second-order valence-corrected chi connectivity index (χ2v) is 5.73. The molecule has 0 aliphatic carbocycles. The summed E-state index contributed by atoms with van der Waals surface area (Å²) in [6.07, 6.45) is 4.40. The minimum absolute atomic E-state index is 0.206. The zero-order chi connectivity index (χ0) is 17.1. The predicted octanol–water partition coefficient (Wildman–Crippen LogP) is 3.61. The summed E-state index contributed by atoms with van der Waals surface area (Å²) in [6, 6.07) is 11.6. The number of hydrogen-bond donors (Lipinski definition) is 1. The number of rotatable bonds is 4. The fraction of sp³-hybridized carbons (Fsp3) is 0.211. The van der Waals surface area contributed by atoms with Crippen molar-refractivity contribution in [1.29, 1.82) is 0 Å². The molecule has 0 bridgehead atoms. The first-order valence-corrected chi connectivity index (χ1v) is 7.94. The van der Waals surface area contributed by atoms with Crippen molar-refractivity contribution in [2.24, 2.45) is 7.05 Å². The molecule has 2 heterocycles. The summed E-state index contributed by atoms with van der Waals surface area (Å²) in [5, 5.41) is 7.14. The molecule has 3 rings (SSSR count). The number of anilines is 1. The van der Waals surface area contributed by atoms with Crippen molar-refractivity contribution in [2.45, 2.75) is 20.3 Å². The zero-order valence-corrected chi connectivity index (χ0v) is 14.1. The van der Waals surface area contributed by atoms with E-state index in [4.69, 9.17) is 0 Å². The second-order valence-electron chi connectivity index (χ2n) is 5.73. The van der Waals surface area contributed by atoms with Gasteiger partial charge >= 0.3 is 0 Å². The summed E-state index contributed by atoms with van der Waals surface area (Å²) < 4.78 is 1.81. The molecular formula is C19H20N4O. The third kappa shape index (κ3) is 3.20. The van der Waals surface area contributed by atoms with E-state index in [1.807, 2.05) is 44.3 Å². The van der Waals surface area contributed by atoms with Crippen LogP contribution in [0.25, 0.3) is 11.3 Å². The van der Waals surface area contributed by atoms with Gasteiger partial charge in [0.2, 0.25) is 0 Å². The molecule has 5 heteroatoms. The molecule has 1 N–H and O–H groups in total. The van der Waals surface area contributed by atoms with Gasteiger partial charge in [0.15, 0.2) is 0 Å². The molecule has 5 nitrogen and oxygen atoms in total. The van der Waals surface area contributed by atoms with Gasteiger partial charge in [-0.05, 0) is 42.7 Å². The number of nitrogens with one attached hydrogen (secondary N) is 1. The Balaban J connectivity index is 1.86. The van der Waals surface area contributed by atoms with Gasteiger partial charge in [-0.15, -0.1) is 0 Å². The van der Waals surface area contributed by atoms with Gasteiger partial charge in [0, 0.05) is 30.7 Å². The lowest BCUT2D eigenvalue weighted by Gasteiger charge is -2.11. The highest BCUT2D eigenvalue weighted by atomic mass is 16.1. The molecule has 0 aliphatic rings. The zero-order valence-electron chi connectivity index (χ0n) is 14.1. The van der Waals surface area contributed by atoms with E-state index in [1.54, 1.807) is 23.1 Å². The average molecular weight is 320 g/mol. The maximum atomic E-state index is 12.4. The molecule has 0 saturated heterocycles. The van der Waals surface area contributed by atoms with Crippen molar-refractivity contribution >= 4 is 11.6 Å². The van der Waals surface area contributed by atoms with E-state index < -0.39 is 0 Å². The Kier molecular flexibility index (Phi) is 4.42. The fourth-order valence-corrected chi connectivity index (χ4v) is 2.53. The maximum absolute atomic E-state index is 12.4. The number of nitrogens with zero attached hydrogens (tertiary/aromatic N) is 3. The van der Waals surface area contributed by atoms with Crippen LogP contribution in [0.4, 0.5) is 5.69 Å². The van der Waals surface area contributed by atoms with Gasteiger partial charge in [-0.1, -0.05) is 25.1 Å². The molecule has 0 aliphatic heterocycles. The monoisotopic (exact) mass is 320 g/mol. The van der Waals surface area contributed by atoms with E-state index in [1.165, 1.54) is 0 Å². The molecule has 0 saturated carbocycles. The molecule has 122 valence electrons. The Bertz CT molecular complexity index is 865. The predicted molar refractivity (Wildman–Crippen MR) is 94.9 cm³/mol. The molecule has 0 unspecified atom stereocenters. The molecule has 24 heavy (non-hydrogen) atoms. The van der Waals surface area contributed by atoms with Crippen LogP contribution in [0, 0.1) is 6.92 Å². The van der Waals surface area contributed by atoms with Crippen molar-refractivity contribution in [1.82, 2.24) is 14.8 Å². The molecule has 0 atom stereocenters. The minimum Gasteiger partial charge on any atom is -0.320 e. The Morgan fingerprint density at radius 2 is 2.04 bits per heavy atom. The standard InChI is InChI=1S/C19H20N4O/c1-4-14-6-8-16(20-12-14)19(24)22-17-11-15(7-5-13(17)2)18-9-10-21-23(18)3/h5-12H,4H2,1-3H3,(H,22,24). The highest BCUT2D eigenvalue weighted by Crippen LogP contribution is 2.25. The Morgan fingerprint density at radius 1 is 1.21 bits per heavy atom. The van der Waals surface area contributed by atoms with Crippen LogP contribution in [0.2, 0.25) is 0 Å². The number of benzene rings is 1. The van der Waals surface area contributed by atoms with Gasteiger partial charge in [0.25, 0.3) is 5.91 Å². The summed E-state index contributed by atoms with van der Waals surface area (Å²) in [5.74, 6) is -0.206. The highest BCUT2D eigenvalue weighted by molar-refractivity contribution is 6.03. The van der Waals surface area contributed by atoms with Crippen LogP contribution >= 0.6 is 0 Å². The first-order valence-electron chi connectivity index (χ1n) is 7.94. The van der Waals surface area contributed by atoms with Gasteiger partial charge in [-0.2, -0.15) is 5.10 Å². The third-order valence-electron chi connectivity index (χ3n) is 4.07. The van der Waals surface area contributed by atoms with Crippen LogP contribution in [-0.2, 0) is 13.5 Å². The van der Waals surface area contributed by atoms with E-state index in [-0.39, 0.29) is 5.91 Å². The summed E-state index contributed by atoms with van der Waals surface area (Å²) in [7, 11) is 1.90. The van der Waals surface area contributed by atoms with Crippen LogP contribution < -0.4 is 5.32 Å². The lowest BCUT2D eigenvalue weighted by Crippen LogP contribution is -2.14. The number of amides is 1. The van der Waals surface area contributed by atoms with Crippen LogP contribution in [0.5, 0.6) is 0 Å². The summed E-state index contributed by atoms with van der Waals surface area (Å²) in [4.78, 5) is 16.7. The molecule has 0 spiro atoms. The Morgan fingerprint density at radius 3 is 2.67 bits per heavy atom. The first-order chi connectivity index (χ1) is 11.6. The van der Waals surface area contributed by atoms with E-state index in [2.05, 4.69) is 22.3 Å². The Hall–Kier alpha value is -2.95. The maximum Gasteiger partial charge on any atom is 0.274 e. The van der Waals surface area contributed by atoms with Crippen LogP contribution in [0.3, 0.4) is 0 Å². The van der Waals surface area contributed by atoms with Crippen molar-refractivity contribution in [3.05, 3.63) is 65.6 Å². The van der Waals surface area contributed by atoms with Crippen LogP contribution in [-0.4, -0.2) is 20.7 Å².